The molecule has 53 heavy (non-hydrogen) atoms. The maximum absolute atomic E-state index is 12.7. The van der Waals surface area contributed by atoms with E-state index in [1.165, 1.54) is 83.5 Å². The van der Waals surface area contributed by atoms with E-state index in [4.69, 9.17) is 14.9 Å². The number of hydrogen-bond donors (Lipinski definition) is 4. The number of aliphatic carboxylic acids is 1. The Balaban J connectivity index is 4.19. The molecule has 0 spiro atoms. The molecule has 0 aliphatic heterocycles. The first-order chi connectivity index (χ1) is 25.8. The first-order valence-corrected chi connectivity index (χ1v) is 21.0. The lowest BCUT2D eigenvalue weighted by Crippen LogP contribution is -2.47. The number of carbonyl (C=O) groups excluding carboxylic acids is 3. The van der Waals surface area contributed by atoms with Gasteiger partial charge >= 0.3 is 11.9 Å². The molecular weight excluding hydrogens is 668 g/mol. The van der Waals surface area contributed by atoms with Gasteiger partial charge in [-0.3, -0.25) is 14.4 Å². The van der Waals surface area contributed by atoms with Crippen molar-refractivity contribution in [1.29, 1.82) is 0 Å². The van der Waals surface area contributed by atoms with Crippen LogP contribution in [0.1, 0.15) is 181 Å². The van der Waals surface area contributed by atoms with Crippen LogP contribution in [-0.2, 0) is 23.9 Å². The van der Waals surface area contributed by atoms with E-state index in [2.05, 4.69) is 67.0 Å². The van der Waals surface area contributed by atoms with E-state index in [0.29, 0.717) is 12.8 Å². The minimum Gasteiger partial charge on any atom is -0.480 e. The third kappa shape index (κ3) is 35.6. The fourth-order valence-corrected chi connectivity index (χ4v) is 5.74. The molecule has 0 radical (unpaired) electrons. The van der Waals surface area contributed by atoms with Gasteiger partial charge in [-0.1, -0.05) is 140 Å². The largest absolute Gasteiger partial charge is 0.480 e. The van der Waals surface area contributed by atoms with Crippen molar-refractivity contribution in [2.24, 2.45) is 0 Å². The van der Waals surface area contributed by atoms with Crippen LogP contribution in [0.3, 0.4) is 0 Å². The van der Waals surface area contributed by atoms with Gasteiger partial charge in [-0.25, -0.2) is 4.79 Å². The van der Waals surface area contributed by atoms with E-state index >= 15 is 0 Å². The highest BCUT2D eigenvalue weighted by atomic mass is 16.5. The Hall–Kier alpha value is -3.20. The lowest BCUT2D eigenvalue weighted by Gasteiger charge is -2.15. The number of allylic oxidation sites excluding steroid dienone is 7. The maximum atomic E-state index is 12.7. The van der Waals surface area contributed by atoms with Crippen molar-refractivity contribution >= 4 is 23.8 Å². The lowest BCUT2D eigenvalue weighted by atomic mass is 10.1. The van der Waals surface area contributed by atoms with E-state index in [1.807, 2.05) is 6.08 Å². The zero-order valence-corrected chi connectivity index (χ0v) is 33.5. The number of nitrogens with one attached hydrogen (secondary N) is 2. The Morgan fingerprint density at radius 3 is 1.68 bits per heavy atom. The molecule has 0 aliphatic carbocycles. The van der Waals surface area contributed by atoms with Gasteiger partial charge in [-0.05, 0) is 76.7 Å². The molecule has 304 valence electrons. The van der Waals surface area contributed by atoms with Crippen molar-refractivity contribution in [1.82, 2.24) is 10.6 Å². The Morgan fingerprint density at radius 1 is 0.585 bits per heavy atom. The SMILES string of the molecule is CCCC/C=C\C/C=C\C(CCCCCCC(=O)NCC(=O)NC(CO)C(=O)O)OC(=O)CCCCCCCCCCC/C=C\C/C=C\CCCCC. The standard InChI is InChI=1S/C44H76N2O7/c1-3-5-7-9-11-12-13-14-15-16-17-18-19-20-21-22-24-26-32-36-43(50)53-39(33-29-25-23-10-8-6-4-2)34-30-27-28-31-35-41(48)45-37-42(49)46-40(38-47)44(51)52/h10-12,14-15,23,29,33,39-40,47H,3-9,13,16-22,24-28,30-32,34-38H2,1-2H3,(H,45,48)(H,46,49)(H,51,52)/b12-11-,15-14-,23-10-,33-29-. The van der Waals surface area contributed by atoms with Crippen LogP contribution in [0.5, 0.6) is 0 Å². The minimum absolute atomic E-state index is 0.135. The summed E-state index contributed by atoms with van der Waals surface area (Å²) in [6.07, 6.45) is 44.5. The van der Waals surface area contributed by atoms with E-state index in [0.717, 1.165) is 64.2 Å². The molecule has 0 aliphatic rings. The lowest BCUT2D eigenvalue weighted by molar-refractivity contribution is -0.147. The molecule has 9 heteroatoms. The fraction of sp³-hybridized carbons (Fsp3) is 0.727. The third-order valence-corrected chi connectivity index (χ3v) is 9.03. The van der Waals surface area contributed by atoms with Crippen molar-refractivity contribution in [2.75, 3.05) is 13.2 Å². The van der Waals surface area contributed by atoms with E-state index in [9.17, 15) is 19.2 Å². The summed E-state index contributed by atoms with van der Waals surface area (Å²) in [7, 11) is 0. The minimum atomic E-state index is -1.39. The second kappa shape index (κ2) is 38.5. The molecule has 0 fully saturated rings. The summed E-state index contributed by atoms with van der Waals surface area (Å²) in [4.78, 5) is 47.4. The van der Waals surface area contributed by atoms with Gasteiger partial charge in [0.25, 0.3) is 0 Å². The average molecular weight is 745 g/mol. The van der Waals surface area contributed by atoms with E-state index in [-0.39, 0.29) is 30.9 Å². The second-order valence-electron chi connectivity index (χ2n) is 14.1. The Bertz CT molecular complexity index is 1040. The number of rotatable bonds is 37. The van der Waals surface area contributed by atoms with Crippen LogP contribution in [-0.4, -0.2) is 59.3 Å². The van der Waals surface area contributed by atoms with Crippen molar-refractivity contribution in [2.45, 2.75) is 193 Å². The van der Waals surface area contributed by atoms with Gasteiger partial charge < -0.3 is 25.6 Å². The summed E-state index contributed by atoms with van der Waals surface area (Å²) in [5.74, 6) is -2.43. The quantitative estimate of drug-likeness (QED) is 0.0282. The number of esters is 1. The molecule has 0 bridgehead atoms. The number of hydrogen-bond acceptors (Lipinski definition) is 6. The number of carbonyl (C=O) groups is 4. The summed E-state index contributed by atoms with van der Waals surface area (Å²) < 4.78 is 5.87. The van der Waals surface area contributed by atoms with Crippen molar-refractivity contribution in [3.8, 4) is 0 Å². The Morgan fingerprint density at radius 2 is 1.09 bits per heavy atom. The molecule has 4 N–H and O–H groups in total. The number of aliphatic hydroxyl groups is 1. The highest BCUT2D eigenvalue weighted by Crippen LogP contribution is 2.15. The summed E-state index contributed by atoms with van der Waals surface area (Å²) >= 11 is 0. The van der Waals surface area contributed by atoms with Gasteiger partial charge in [-0.2, -0.15) is 0 Å². The van der Waals surface area contributed by atoms with Crippen LogP contribution in [0.15, 0.2) is 48.6 Å². The summed E-state index contributed by atoms with van der Waals surface area (Å²) in [6, 6.07) is -1.39. The molecule has 2 amide bonds. The number of carboxylic acids is 1. The number of carboxylic acid groups (broad SMARTS) is 1. The first-order valence-electron chi connectivity index (χ1n) is 21.0. The molecule has 0 saturated heterocycles. The van der Waals surface area contributed by atoms with Gasteiger partial charge in [0.1, 0.15) is 12.1 Å². The number of aliphatic hydroxyl groups excluding tert-OH is 1. The van der Waals surface area contributed by atoms with Crippen LogP contribution in [0.4, 0.5) is 0 Å². The average Bonchev–Trinajstić information content (AvgIpc) is 3.14. The molecule has 0 rings (SSSR count). The summed E-state index contributed by atoms with van der Waals surface area (Å²) in [5, 5.41) is 22.5. The molecule has 0 aromatic carbocycles. The monoisotopic (exact) mass is 745 g/mol. The third-order valence-electron chi connectivity index (χ3n) is 9.03. The predicted molar refractivity (Wildman–Crippen MR) is 217 cm³/mol. The van der Waals surface area contributed by atoms with Crippen molar-refractivity contribution in [3.63, 3.8) is 0 Å². The van der Waals surface area contributed by atoms with E-state index < -0.39 is 24.5 Å². The predicted octanol–water partition coefficient (Wildman–Crippen LogP) is 9.98. The summed E-state index contributed by atoms with van der Waals surface area (Å²) in [6.45, 7) is 3.36. The Labute approximate surface area is 322 Å². The molecule has 0 aromatic rings. The topological polar surface area (TPSA) is 142 Å². The number of ether oxygens (including phenoxy) is 1. The zero-order valence-electron chi connectivity index (χ0n) is 33.5. The van der Waals surface area contributed by atoms with Crippen molar-refractivity contribution in [3.05, 3.63) is 48.6 Å². The molecule has 2 unspecified atom stereocenters. The van der Waals surface area contributed by atoms with Crippen LogP contribution < -0.4 is 10.6 Å². The maximum Gasteiger partial charge on any atom is 0.328 e. The second-order valence-corrected chi connectivity index (χ2v) is 14.1. The van der Waals surface area contributed by atoms with Crippen molar-refractivity contribution < 1.29 is 34.1 Å². The Kier molecular flexibility index (Phi) is 36.2. The van der Waals surface area contributed by atoms with Crippen LogP contribution >= 0.6 is 0 Å². The first kappa shape index (κ1) is 49.8. The van der Waals surface area contributed by atoms with Gasteiger partial charge in [-0.15, -0.1) is 0 Å². The fourth-order valence-electron chi connectivity index (χ4n) is 5.74. The summed E-state index contributed by atoms with van der Waals surface area (Å²) in [5.41, 5.74) is 0. The molecule has 2 atom stereocenters. The van der Waals surface area contributed by atoms with Crippen LogP contribution in [0.25, 0.3) is 0 Å². The van der Waals surface area contributed by atoms with Gasteiger partial charge in [0.2, 0.25) is 11.8 Å². The molecule has 0 saturated carbocycles. The van der Waals surface area contributed by atoms with E-state index in [1.54, 1.807) is 0 Å². The van der Waals surface area contributed by atoms with Gasteiger partial charge in [0.05, 0.1) is 13.2 Å². The number of amides is 2. The van der Waals surface area contributed by atoms with Gasteiger partial charge in [0, 0.05) is 12.8 Å². The molecule has 0 heterocycles. The molecule has 0 aromatic heterocycles. The van der Waals surface area contributed by atoms with Crippen LogP contribution in [0.2, 0.25) is 0 Å². The highest BCUT2D eigenvalue weighted by Gasteiger charge is 2.18. The van der Waals surface area contributed by atoms with Crippen LogP contribution in [0, 0.1) is 0 Å². The highest BCUT2D eigenvalue weighted by molar-refractivity contribution is 5.87. The molecular formula is C44H76N2O7. The number of unbranched alkanes of at least 4 members (excludes halogenated alkanes) is 17. The zero-order chi connectivity index (χ0) is 39.0. The smallest absolute Gasteiger partial charge is 0.328 e. The van der Waals surface area contributed by atoms with Gasteiger partial charge in [0.15, 0.2) is 0 Å². The normalized spacial score (nSPS) is 13.0. The molecule has 9 nitrogen and oxygen atoms in total.